The molecule has 1 atom stereocenters. The topological polar surface area (TPSA) is 90.9 Å². The SMILES string of the molecule is CCOC(=O)C1=C(CN2CCC[C@H]2CO)NC(=O)NC1. The number of hydrogen-bond donors (Lipinski definition) is 3. The maximum Gasteiger partial charge on any atom is 0.337 e. The van der Waals surface area contributed by atoms with Gasteiger partial charge in [-0.1, -0.05) is 0 Å². The lowest BCUT2D eigenvalue weighted by Crippen LogP contribution is -2.47. The summed E-state index contributed by atoms with van der Waals surface area (Å²) >= 11 is 0. The normalized spacial score (nSPS) is 23.5. The number of nitrogens with zero attached hydrogens (tertiary/aromatic N) is 1. The number of amides is 2. The van der Waals surface area contributed by atoms with Crippen molar-refractivity contribution in [1.29, 1.82) is 0 Å². The molecule has 0 aromatic rings. The summed E-state index contributed by atoms with van der Waals surface area (Å²) in [6, 6.07) is -0.217. The van der Waals surface area contributed by atoms with E-state index in [1.165, 1.54) is 0 Å². The van der Waals surface area contributed by atoms with Gasteiger partial charge in [0, 0.05) is 18.3 Å². The van der Waals surface area contributed by atoms with Crippen LogP contribution in [-0.4, -0.2) is 60.9 Å². The zero-order valence-corrected chi connectivity index (χ0v) is 11.6. The van der Waals surface area contributed by atoms with Gasteiger partial charge in [-0.3, -0.25) is 4.90 Å². The Morgan fingerprint density at radius 3 is 3.05 bits per heavy atom. The van der Waals surface area contributed by atoms with Crippen LogP contribution in [0.15, 0.2) is 11.3 Å². The Balaban J connectivity index is 2.14. The fraction of sp³-hybridized carbons (Fsp3) is 0.692. The molecule has 7 heteroatoms. The summed E-state index contributed by atoms with van der Waals surface area (Å²) in [5, 5.41) is 14.6. The quantitative estimate of drug-likeness (QED) is 0.596. The van der Waals surface area contributed by atoms with Gasteiger partial charge in [0.2, 0.25) is 0 Å². The van der Waals surface area contributed by atoms with Gasteiger partial charge in [0.15, 0.2) is 0 Å². The van der Waals surface area contributed by atoms with E-state index in [-0.39, 0.29) is 25.2 Å². The summed E-state index contributed by atoms with van der Waals surface area (Å²) in [6.45, 7) is 3.62. The average molecular weight is 283 g/mol. The minimum atomic E-state index is -0.408. The fourth-order valence-corrected chi connectivity index (χ4v) is 2.59. The average Bonchev–Trinajstić information content (AvgIpc) is 2.86. The van der Waals surface area contributed by atoms with Crippen molar-refractivity contribution >= 4 is 12.0 Å². The third-order valence-corrected chi connectivity index (χ3v) is 3.65. The molecule has 2 aliphatic heterocycles. The molecule has 0 aliphatic carbocycles. The molecule has 0 aromatic heterocycles. The highest BCUT2D eigenvalue weighted by molar-refractivity contribution is 5.93. The number of ether oxygens (including phenoxy) is 1. The molecule has 2 aliphatic rings. The smallest absolute Gasteiger partial charge is 0.337 e. The number of aliphatic hydroxyl groups is 1. The molecule has 1 saturated heterocycles. The van der Waals surface area contributed by atoms with Crippen LogP contribution in [0.4, 0.5) is 4.79 Å². The van der Waals surface area contributed by atoms with E-state index in [1.54, 1.807) is 6.92 Å². The molecule has 3 N–H and O–H groups in total. The Labute approximate surface area is 118 Å². The number of urea groups is 1. The second kappa shape index (κ2) is 6.71. The van der Waals surface area contributed by atoms with Crippen molar-refractivity contribution < 1.29 is 19.4 Å². The number of likely N-dealkylation sites (tertiary alicyclic amines) is 1. The first-order valence-corrected chi connectivity index (χ1v) is 6.94. The van der Waals surface area contributed by atoms with E-state index in [2.05, 4.69) is 15.5 Å². The molecule has 0 radical (unpaired) electrons. The number of hydrogen-bond acceptors (Lipinski definition) is 5. The lowest BCUT2D eigenvalue weighted by molar-refractivity contribution is -0.138. The minimum absolute atomic E-state index is 0.0915. The lowest BCUT2D eigenvalue weighted by atomic mass is 10.1. The van der Waals surface area contributed by atoms with Gasteiger partial charge >= 0.3 is 12.0 Å². The number of carbonyl (C=O) groups excluding carboxylic acids is 2. The van der Waals surface area contributed by atoms with Gasteiger partial charge < -0.3 is 20.5 Å². The predicted octanol–water partition coefficient (Wildman–Crippen LogP) is -0.427. The molecule has 20 heavy (non-hydrogen) atoms. The van der Waals surface area contributed by atoms with Crippen molar-refractivity contribution in [3.05, 3.63) is 11.3 Å². The molecular weight excluding hydrogens is 262 g/mol. The van der Waals surface area contributed by atoms with Crippen LogP contribution in [-0.2, 0) is 9.53 Å². The van der Waals surface area contributed by atoms with Gasteiger partial charge in [-0.05, 0) is 26.3 Å². The standard InChI is InChI=1S/C13H21N3O4/c1-2-20-12(18)10-6-14-13(19)15-11(10)7-16-5-3-4-9(16)8-17/h9,17H,2-8H2,1H3,(H2,14,15,19)/t9-/m0/s1. The summed E-state index contributed by atoms with van der Waals surface area (Å²) in [6.07, 6.45) is 1.95. The molecule has 0 saturated carbocycles. The van der Waals surface area contributed by atoms with Crippen LogP contribution < -0.4 is 10.6 Å². The van der Waals surface area contributed by atoms with Crippen molar-refractivity contribution in [1.82, 2.24) is 15.5 Å². The number of rotatable bonds is 5. The Morgan fingerprint density at radius 1 is 1.55 bits per heavy atom. The number of carbonyl (C=O) groups is 2. The molecule has 0 aromatic carbocycles. The second-order valence-corrected chi connectivity index (χ2v) is 4.93. The van der Waals surface area contributed by atoms with Gasteiger partial charge in [-0.25, -0.2) is 9.59 Å². The zero-order chi connectivity index (χ0) is 14.5. The van der Waals surface area contributed by atoms with Crippen molar-refractivity contribution in [3.8, 4) is 0 Å². The van der Waals surface area contributed by atoms with E-state index in [9.17, 15) is 14.7 Å². The predicted molar refractivity (Wildman–Crippen MR) is 71.9 cm³/mol. The molecule has 0 bridgehead atoms. The maximum atomic E-state index is 11.9. The molecule has 2 rings (SSSR count). The van der Waals surface area contributed by atoms with Crippen molar-refractivity contribution in [3.63, 3.8) is 0 Å². The molecule has 2 heterocycles. The first-order chi connectivity index (χ1) is 9.65. The summed E-state index contributed by atoms with van der Waals surface area (Å²) in [4.78, 5) is 25.4. The monoisotopic (exact) mass is 283 g/mol. The van der Waals surface area contributed by atoms with Crippen LogP contribution in [0.25, 0.3) is 0 Å². The van der Waals surface area contributed by atoms with Crippen molar-refractivity contribution in [2.24, 2.45) is 0 Å². The molecule has 0 spiro atoms. The molecule has 1 fully saturated rings. The summed E-state index contributed by atoms with van der Waals surface area (Å²) in [5.41, 5.74) is 1.03. The Morgan fingerprint density at radius 2 is 2.35 bits per heavy atom. The van der Waals surface area contributed by atoms with Gasteiger partial charge in [-0.2, -0.15) is 0 Å². The van der Waals surface area contributed by atoms with Crippen LogP contribution in [0.1, 0.15) is 19.8 Å². The highest BCUT2D eigenvalue weighted by atomic mass is 16.5. The Hall–Kier alpha value is -1.60. The summed E-state index contributed by atoms with van der Waals surface area (Å²) in [5.74, 6) is -0.408. The summed E-state index contributed by atoms with van der Waals surface area (Å²) < 4.78 is 5.01. The van der Waals surface area contributed by atoms with E-state index in [1.807, 2.05) is 0 Å². The Kier molecular flexibility index (Phi) is 4.97. The molecular formula is C13H21N3O4. The van der Waals surface area contributed by atoms with Gasteiger partial charge in [0.1, 0.15) is 0 Å². The van der Waals surface area contributed by atoms with Crippen LogP contribution in [0.5, 0.6) is 0 Å². The number of aliphatic hydroxyl groups excluding tert-OH is 1. The van der Waals surface area contributed by atoms with E-state index < -0.39 is 5.97 Å². The largest absolute Gasteiger partial charge is 0.463 e. The fourth-order valence-electron chi connectivity index (χ4n) is 2.59. The van der Waals surface area contributed by atoms with Gasteiger partial charge in [0.05, 0.1) is 25.3 Å². The van der Waals surface area contributed by atoms with Gasteiger partial charge in [-0.15, -0.1) is 0 Å². The second-order valence-electron chi connectivity index (χ2n) is 4.93. The third kappa shape index (κ3) is 3.29. The zero-order valence-electron chi connectivity index (χ0n) is 11.6. The van der Waals surface area contributed by atoms with Crippen LogP contribution in [0.2, 0.25) is 0 Å². The lowest BCUT2D eigenvalue weighted by Gasteiger charge is -2.28. The van der Waals surface area contributed by atoms with E-state index in [0.29, 0.717) is 24.4 Å². The molecule has 7 nitrogen and oxygen atoms in total. The van der Waals surface area contributed by atoms with Crippen LogP contribution in [0.3, 0.4) is 0 Å². The number of esters is 1. The van der Waals surface area contributed by atoms with Crippen LogP contribution >= 0.6 is 0 Å². The minimum Gasteiger partial charge on any atom is -0.463 e. The van der Waals surface area contributed by atoms with E-state index in [0.717, 1.165) is 19.4 Å². The summed E-state index contributed by atoms with van der Waals surface area (Å²) in [7, 11) is 0. The molecule has 112 valence electrons. The van der Waals surface area contributed by atoms with Crippen LogP contribution in [0, 0.1) is 0 Å². The highest BCUT2D eigenvalue weighted by Crippen LogP contribution is 2.19. The number of nitrogens with one attached hydrogen (secondary N) is 2. The van der Waals surface area contributed by atoms with E-state index in [4.69, 9.17) is 4.74 Å². The first kappa shape index (κ1) is 14.8. The third-order valence-electron chi connectivity index (χ3n) is 3.65. The van der Waals surface area contributed by atoms with Crippen molar-refractivity contribution in [2.75, 3.05) is 32.8 Å². The molecule has 0 unspecified atom stereocenters. The molecule has 2 amide bonds. The van der Waals surface area contributed by atoms with E-state index >= 15 is 0 Å². The van der Waals surface area contributed by atoms with Crippen molar-refractivity contribution in [2.45, 2.75) is 25.8 Å². The highest BCUT2D eigenvalue weighted by Gasteiger charge is 2.29. The Bertz CT molecular complexity index is 422. The van der Waals surface area contributed by atoms with Gasteiger partial charge in [0.25, 0.3) is 0 Å². The first-order valence-electron chi connectivity index (χ1n) is 6.94. The maximum absolute atomic E-state index is 11.9.